The zero-order valence-electron chi connectivity index (χ0n) is 23.1. The van der Waals surface area contributed by atoms with Crippen molar-refractivity contribution in [1.82, 2.24) is 9.88 Å². The third-order valence-electron chi connectivity index (χ3n) is 8.55. The van der Waals surface area contributed by atoms with E-state index < -0.39 is 5.82 Å². The van der Waals surface area contributed by atoms with Crippen LogP contribution in [0.1, 0.15) is 70.9 Å². The number of carbonyl (C=O) groups is 2. The largest absolute Gasteiger partial charge is 0.369 e. The van der Waals surface area contributed by atoms with Gasteiger partial charge in [0.1, 0.15) is 5.82 Å². The van der Waals surface area contributed by atoms with E-state index in [0.717, 1.165) is 43.6 Å². The van der Waals surface area contributed by atoms with Crippen LogP contribution in [-0.2, 0) is 6.54 Å². The number of amides is 2. The number of hydrogen-bond donors (Lipinski definition) is 2. The fraction of sp³-hybridized carbons (Fsp3) is 0.364. The lowest BCUT2D eigenvalue weighted by Gasteiger charge is -2.44. The molecule has 2 atom stereocenters. The molecule has 212 valence electrons. The molecule has 1 aromatic heterocycles. The molecule has 3 aliphatic rings. The van der Waals surface area contributed by atoms with Crippen molar-refractivity contribution in [1.29, 1.82) is 0 Å². The van der Waals surface area contributed by atoms with Gasteiger partial charge in [0.05, 0.1) is 11.4 Å². The van der Waals surface area contributed by atoms with E-state index in [-0.39, 0.29) is 23.3 Å². The first-order valence-corrected chi connectivity index (χ1v) is 14.6. The summed E-state index contributed by atoms with van der Waals surface area (Å²) in [7, 11) is 0. The van der Waals surface area contributed by atoms with Crippen LogP contribution in [0, 0.1) is 11.7 Å². The predicted molar refractivity (Wildman–Crippen MR) is 158 cm³/mol. The molecule has 2 bridgehead atoms. The van der Waals surface area contributed by atoms with E-state index >= 15 is 0 Å². The maximum absolute atomic E-state index is 13.5. The summed E-state index contributed by atoms with van der Waals surface area (Å²) in [4.78, 5) is 41.0. The molecular weight excluding hydrogens is 519 g/mol. The molecule has 1 saturated heterocycles. The number of benzene rings is 2. The average molecular weight is 555 g/mol. The van der Waals surface area contributed by atoms with Crippen LogP contribution in [0.3, 0.4) is 0 Å². The number of aromatic nitrogens is 1. The number of carbonyl (C=O) groups excluding carboxylic acids is 2. The van der Waals surface area contributed by atoms with Crippen molar-refractivity contribution >= 4 is 23.2 Å². The molecule has 0 saturated carbocycles. The number of piperidine rings is 1. The number of rotatable bonds is 7. The van der Waals surface area contributed by atoms with Crippen LogP contribution in [0.25, 0.3) is 0 Å². The van der Waals surface area contributed by atoms with Crippen molar-refractivity contribution in [3.8, 4) is 0 Å². The molecule has 2 N–H and O–H groups in total. The summed E-state index contributed by atoms with van der Waals surface area (Å²) in [6.45, 7) is 2.66. The van der Waals surface area contributed by atoms with Gasteiger partial charge in [-0.25, -0.2) is 4.39 Å². The van der Waals surface area contributed by atoms with Gasteiger partial charge in [0.25, 0.3) is 17.4 Å². The first kappa shape index (κ1) is 27.0. The van der Waals surface area contributed by atoms with Gasteiger partial charge in [-0.1, -0.05) is 17.7 Å². The summed E-state index contributed by atoms with van der Waals surface area (Å²) in [5, 5.41) is 6.03. The van der Waals surface area contributed by atoms with Crippen LogP contribution in [0.5, 0.6) is 0 Å². The van der Waals surface area contributed by atoms with Crippen molar-refractivity contribution in [3.05, 3.63) is 105 Å². The fourth-order valence-corrected chi connectivity index (χ4v) is 6.51. The van der Waals surface area contributed by atoms with Gasteiger partial charge in [-0.3, -0.25) is 14.4 Å². The zero-order chi connectivity index (χ0) is 28.3. The molecule has 6 rings (SSSR count). The quantitative estimate of drug-likeness (QED) is 0.379. The Labute approximate surface area is 239 Å². The van der Waals surface area contributed by atoms with Gasteiger partial charge >= 0.3 is 0 Å². The number of halogens is 1. The van der Waals surface area contributed by atoms with Crippen LogP contribution in [0.15, 0.2) is 77.1 Å². The van der Waals surface area contributed by atoms with Crippen molar-refractivity contribution in [2.24, 2.45) is 5.92 Å². The third-order valence-corrected chi connectivity index (χ3v) is 8.55. The molecule has 2 amide bonds. The Kier molecular flexibility index (Phi) is 7.72. The highest BCUT2D eigenvalue weighted by atomic mass is 19.1. The molecule has 1 aliphatic carbocycles. The molecule has 2 aromatic carbocycles. The van der Waals surface area contributed by atoms with Crippen LogP contribution < -0.4 is 21.1 Å². The molecule has 3 heterocycles. The minimum Gasteiger partial charge on any atom is -0.369 e. The number of fused-ring (bicyclic) bond motifs is 4. The minimum atomic E-state index is -0.413. The van der Waals surface area contributed by atoms with Crippen LogP contribution >= 0.6 is 0 Å². The summed E-state index contributed by atoms with van der Waals surface area (Å²) in [5.41, 5.74) is 4.64. The van der Waals surface area contributed by atoms with Crippen molar-refractivity contribution in [2.75, 3.05) is 29.9 Å². The van der Waals surface area contributed by atoms with Gasteiger partial charge in [0, 0.05) is 55.0 Å². The first-order chi connectivity index (χ1) is 19.9. The highest BCUT2D eigenvalue weighted by molar-refractivity contribution is 6.07. The summed E-state index contributed by atoms with van der Waals surface area (Å²) < 4.78 is 15.4. The van der Waals surface area contributed by atoms with Gasteiger partial charge in [-0.05, 0) is 93.0 Å². The van der Waals surface area contributed by atoms with E-state index in [0.29, 0.717) is 42.4 Å². The number of nitrogens with zero attached hydrogens (tertiary/aromatic N) is 2. The Morgan fingerprint density at radius 2 is 1.76 bits per heavy atom. The molecule has 0 unspecified atom stereocenters. The summed E-state index contributed by atoms with van der Waals surface area (Å²) in [5.74, 6) is -0.492. The molecule has 1 fully saturated rings. The van der Waals surface area contributed by atoms with Gasteiger partial charge in [-0.15, -0.1) is 0 Å². The van der Waals surface area contributed by atoms with Crippen molar-refractivity contribution in [3.63, 3.8) is 0 Å². The molecule has 7 nitrogen and oxygen atoms in total. The number of anilines is 2. The lowest BCUT2D eigenvalue weighted by atomic mass is 9.83. The third kappa shape index (κ3) is 5.97. The Morgan fingerprint density at radius 3 is 2.56 bits per heavy atom. The average Bonchev–Trinajstić information content (AvgIpc) is 2.98. The van der Waals surface area contributed by atoms with E-state index in [9.17, 15) is 18.8 Å². The molecule has 8 heteroatoms. The maximum atomic E-state index is 13.5. The zero-order valence-corrected chi connectivity index (χ0v) is 23.1. The molecule has 0 spiro atoms. The lowest BCUT2D eigenvalue weighted by molar-refractivity contribution is 0.0952. The summed E-state index contributed by atoms with van der Waals surface area (Å²) in [6, 6.07) is 16.3. The number of allylic oxidation sites excluding steroid dienone is 1. The van der Waals surface area contributed by atoms with Gasteiger partial charge in [-0.2, -0.15) is 0 Å². The normalized spacial score (nSPS) is 19.6. The van der Waals surface area contributed by atoms with Crippen molar-refractivity contribution < 1.29 is 14.0 Å². The SMILES string of the molecule is O=C(NCCC1=CCCCC1)c1ccc(N2C[C@H]3C[C@@H](C2)c2cccc(=O)n2C3)c(NC(=O)c2ccc(F)cc2)c1. The maximum Gasteiger partial charge on any atom is 0.255 e. The predicted octanol–water partition coefficient (Wildman–Crippen LogP) is 5.48. The number of pyridine rings is 1. The standard InChI is InChI=1S/C33H35FN4O3/c34-27-12-9-24(10-13-27)33(41)36-28-18-25(32(40)35-16-15-22-5-2-1-3-6-22)11-14-30(28)37-19-23-17-26(21-37)29-7-4-8-31(39)38(29)20-23/h4-5,7-14,18,23,26H,1-3,6,15-17,19-21H2,(H,35,40)(H,36,41)/t23-,26+/m1/s1. The fourth-order valence-electron chi connectivity index (χ4n) is 6.51. The smallest absolute Gasteiger partial charge is 0.255 e. The van der Waals surface area contributed by atoms with Gasteiger partial charge in [0.2, 0.25) is 0 Å². The molecule has 3 aromatic rings. The second-order valence-electron chi connectivity index (χ2n) is 11.4. The van der Waals surface area contributed by atoms with E-state index in [1.165, 1.54) is 42.7 Å². The van der Waals surface area contributed by atoms with Gasteiger partial charge in [0.15, 0.2) is 0 Å². The van der Waals surface area contributed by atoms with E-state index in [2.05, 4.69) is 21.6 Å². The molecule has 0 radical (unpaired) electrons. The summed E-state index contributed by atoms with van der Waals surface area (Å²) in [6.07, 6.45) is 8.80. The summed E-state index contributed by atoms with van der Waals surface area (Å²) >= 11 is 0. The highest BCUT2D eigenvalue weighted by Gasteiger charge is 2.35. The van der Waals surface area contributed by atoms with E-state index in [1.807, 2.05) is 22.8 Å². The highest BCUT2D eigenvalue weighted by Crippen LogP contribution is 2.39. The lowest BCUT2D eigenvalue weighted by Crippen LogP contribution is -2.47. The Bertz CT molecular complexity index is 1540. The Balaban J connectivity index is 1.25. The van der Waals surface area contributed by atoms with Crippen molar-refractivity contribution in [2.45, 2.75) is 51.0 Å². The van der Waals surface area contributed by atoms with Crippen LogP contribution in [0.4, 0.5) is 15.8 Å². The van der Waals surface area contributed by atoms with E-state index in [1.54, 1.807) is 18.2 Å². The van der Waals surface area contributed by atoms with Gasteiger partial charge < -0.3 is 20.1 Å². The Hall–Kier alpha value is -4.20. The minimum absolute atomic E-state index is 0.0352. The topological polar surface area (TPSA) is 83.4 Å². The number of nitrogens with one attached hydrogen (secondary N) is 2. The number of hydrogen-bond acceptors (Lipinski definition) is 4. The first-order valence-electron chi connectivity index (χ1n) is 14.6. The van der Waals surface area contributed by atoms with Crippen LogP contribution in [-0.4, -0.2) is 36.0 Å². The molecule has 2 aliphatic heterocycles. The second kappa shape index (κ2) is 11.7. The van der Waals surface area contributed by atoms with Crippen LogP contribution in [0.2, 0.25) is 0 Å². The van der Waals surface area contributed by atoms with E-state index in [4.69, 9.17) is 0 Å². The monoisotopic (exact) mass is 554 g/mol. The Morgan fingerprint density at radius 1 is 0.927 bits per heavy atom. The second-order valence-corrected chi connectivity index (χ2v) is 11.4. The molecule has 41 heavy (non-hydrogen) atoms. The molecular formula is C33H35FN4O3.